The minimum Gasteiger partial charge on any atom is -0.508 e. The highest BCUT2D eigenvalue weighted by Crippen LogP contribution is 2.12. The third kappa shape index (κ3) is 13.9. The Morgan fingerprint density at radius 2 is 1.40 bits per heavy atom. The normalized spacial score (nSPS) is 15.6. The summed E-state index contributed by atoms with van der Waals surface area (Å²) in [6, 6.07) is -1.34. The number of aromatic hydroxyl groups is 1. The van der Waals surface area contributed by atoms with Crippen LogP contribution in [0.15, 0.2) is 24.3 Å². The van der Waals surface area contributed by atoms with Gasteiger partial charge in [0.05, 0.1) is 24.8 Å². The Morgan fingerprint density at radius 1 is 0.844 bits per heavy atom. The summed E-state index contributed by atoms with van der Waals surface area (Å²) in [6.45, 7) is 1.86. The van der Waals surface area contributed by atoms with Gasteiger partial charge < -0.3 is 52.7 Å². The summed E-state index contributed by atoms with van der Waals surface area (Å²) in [4.78, 5) is 75.2. The van der Waals surface area contributed by atoms with E-state index in [4.69, 9.17) is 5.73 Å². The van der Waals surface area contributed by atoms with Crippen LogP contribution in [0.5, 0.6) is 5.75 Å². The van der Waals surface area contributed by atoms with Crippen LogP contribution in [-0.4, -0.2) is 123 Å². The van der Waals surface area contributed by atoms with E-state index in [1.165, 1.54) is 43.0 Å². The quantitative estimate of drug-likeness (QED) is 0.0650. The zero-order valence-corrected chi connectivity index (χ0v) is 26.8. The van der Waals surface area contributed by atoms with Crippen molar-refractivity contribution in [2.24, 2.45) is 5.73 Å². The molecule has 5 amide bonds. The first-order valence-electron chi connectivity index (χ1n) is 13.8. The summed E-state index contributed by atoms with van der Waals surface area (Å²) in [5, 5.41) is 50.6. The zero-order valence-electron chi connectivity index (χ0n) is 25.1. The van der Waals surface area contributed by atoms with Gasteiger partial charge in [-0.25, -0.2) is 4.79 Å². The molecule has 0 fully saturated rings. The fourth-order valence-electron chi connectivity index (χ4n) is 3.75. The number of nitrogens with one attached hydrogen (secondary N) is 5. The Hall–Kier alpha value is -3.58. The minimum atomic E-state index is -1.71. The van der Waals surface area contributed by atoms with Crippen LogP contribution in [0.3, 0.4) is 0 Å². The van der Waals surface area contributed by atoms with Crippen LogP contribution in [0.25, 0.3) is 0 Å². The monoisotopic (exact) mass is 674 g/mol. The van der Waals surface area contributed by atoms with E-state index in [0.717, 1.165) is 6.92 Å². The lowest BCUT2D eigenvalue weighted by Gasteiger charge is -2.27. The summed E-state index contributed by atoms with van der Waals surface area (Å²) in [5.74, 6) is -5.41. The lowest BCUT2D eigenvalue weighted by molar-refractivity contribution is -0.145. The van der Waals surface area contributed by atoms with Crippen LogP contribution in [0, 0.1) is 0 Å². The molecule has 0 unspecified atom stereocenters. The number of aliphatic hydroxyl groups is 2. The van der Waals surface area contributed by atoms with E-state index in [1.54, 1.807) is 0 Å². The van der Waals surface area contributed by atoms with Gasteiger partial charge in [-0.05, 0) is 50.0 Å². The summed E-state index contributed by atoms with van der Waals surface area (Å²) in [6.07, 6.45) is -0.938. The smallest absolute Gasteiger partial charge is 0.328 e. The predicted octanol–water partition coefficient (Wildman–Crippen LogP) is -3.15. The second-order valence-electron chi connectivity index (χ2n) is 10.1. The van der Waals surface area contributed by atoms with Gasteiger partial charge >= 0.3 is 5.97 Å². The second-order valence-corrected chi connectivity index (χ2v) is 11.5. The molecule has 0 spiro atoms. The van der Waals surface area contributed by atoms with E-state index < -0.39 is 84.5 Å². The van der Waals surface area contributed by atoms with Crippen molar-refractivity contribution in [3.05, 3.63) is 29.8 Å². The van der Waals surface area contributed by atoms with Crippen molar-refractivity contribution in [3.8, 4) is 5.75 Å². The Morgan fingerprint density at radius 3 is 1.91 bits per heavy atom. The van der Waals surface area contributed by atoms with Gasteiger partial charge in [-0.3, -0.25) is 24.0 Å². The third-order valence-electron chi connectivity index (χ3n) is 6.35. The molecule has 0 radical (unpaired) electrons. The van der Waals surface area contributed by atoms with Gasteiger partial charge in [-0.15, -0.1) is 0 Å². The molecule has 1 aromatic rings. The molecule has 252 valence electrons. The topological polar surface area (TPSA) is 270 Å². The highest BCUT2D eigenvalue weighted by atomic mass is 32.2. The second kappa shape index (κ2) is 19.7. The summed E-state index contributed by atoms with van der Waals surface area (Å²) >= 11 is 5.56. The van der Waals surface area contributed by atoms with Crippen LogP contribution in [0.1, 0.15) is 25.8 Å². The number of nitrogens with two attached hydrogens (primary N) is 1. The minimum absolute atomic E-state index is 0.0661. The number of carboxylic acids is 1. The molecular formula is C27H42N6O10S2. The van der Waals surface area contributed by atoms with Crippen molar-refractivity contribution < 1.29 is 49.2 Å². The third-order valence-corrected chi connectivity index (χ3v) is 7.35. The number of carboxylic acid groups (broad SMARTS) is 1. The molecule has 0 bridgehead atoms. The van der Waals surface area contributed by atoms with Gasteiger partial charge in [0, 0.05) is 12.2 Å². The molecule has 1 rings (SSSR count). The standard InChI is InChI=1S/C27H42N6O10S2/c1-13(34)21(32-25(40)19(12-44)30-20(37)11-29-23(38)17(28)8-9-45-3)26(41)31-18(10-15-4-6-16(36)7-5-15)24(39)33-22(14(2)35)27(42)43/h4-7,13-14,17-19,21-22,34-36,44H,8-12,28H2,1-3H3,(H,29,38)(H,30,37)(H,31,41)(H,32,40)(H,33,39)(H,42,43)/t13-,14-,17+,18+,19+,21+,22+/m1/s1. The molecular weight excluding hydrogens is 632 g/mol. The van der Waals surface area contributed by atoms with Crippen molar-refractivity contribution >= 4 is 59.9 Å². The SMILES string of the molecule is CSCC[C@H](N)C(=O)NCC(=O)N[C@@H](CS)C(=O)N[C@H](C(=O)N[C@@H](Cc1ccc(O)cc1)C(=O)N[C@H](C(=O)O)[C@@H](C)O)[C@@H](C)O. The zero-order chi connectivity index (χ0) is 34.3. The van der Waals surface area contributed by atoms with Crippen LogP contribution >= 0.6 is 24.4 Å². The molecule has 0 aliphatic rings. The highest BCUT2D eigenvalue weighted by molar-refractivity contribution is 7.98. The Kier molecular flexibility index (Phi) is 17.3. The Bertz CT molecular complexity index is 1170. The van der Waals surface area contributed by atoms with E-state index in [9.17, 15) is 49.2 Å². The van der Waals surface area contributed by atoms with Crippen molar-refractivity contribution in [2.45, 2.75) is 69.1 Å². The number of thioether (sulfide) groups is 1. The lowest BCUT2D eigenvalue weighted by atomic mass is 10.0. The molecule has 0 aromatic heterocycles. The van der Waals surface area contributed by atoms with Gasteiger partial charge in [-0.2, -0.15) is 24.4 Å². The van der Waals surface area contributed by atoms with E-state index in [-0.39, 0.29) is 17.9 Å². The highest BCUT2D eigenvalue weighted by Gasteiger charge is 2.34. The van der Waals surface area contributed by atoms with Crippen molar-refractivity contribution in [2.75, 3.05) is 24.3 Å². The number of hydrogen-bond acceptors (Lipinski definition) is 12. The average Bonchev–Trinajstić information content (AvgIpc) is 2.98. The lowest BCUT2D eigenvalue weighted by Crippen LogP contribution is -2.61. The van der Waals surface area contributed by atoms with Gasteiger partial charge in [0.25, 0.3) is 0 Å². The number of aliphatic carboxylic acids is 1. The largest absolute Gasteiger partial charge is 0.508 e. The van der Waals surface area contributed by atoms with E-state index in [2.05, 4.69) is 39.2 Å². The number of carbonyl (C=O) groups excluding carboxylic acids is 5. The van der Waals surface area contributed by atoms with Gasteiger partial charge in [0.1, 0.15) is 23.9 Å². The number of thiol groups is 1. The summed E-state index contributed by atoms with van der Waals surface area (Å²) in [5.41, 5.74) is 6.21. The molecule has 0 heterocycles. The van der Waals surface area contributed by atoms with Gasteiger partial charge in [0.15, 0.2) is 6.04 Å². The first-order valence-corrected chi connectivity index (χ1v) is 15.8. The number of carbonyl (C=O) groups is 6. The van der Waals surface area contributed by atoms with Crippen molar-refractivity contribution in [1.82, 2.24) is 26.6 Å². The fraction of sp³-hybridized carbons (Fsp3) is 0.556. The Balaban J connectivity index is 3.02. The molecule has 16 nitrogen and oxygen atoms in total. The predicted molar refractivity (Wildman–Crippen MR) is 168 cm³/mol. The Labute approximate surface area is 270 Å². The van der Waals surface area contributed by atoms with Crippen LogP contribution in [0.4, 0.5) is 0 Å². The number of amides is 5. The van der Waals surface area contributed by atoms with E-state index in [0.29, 0.717) is 17.7 Å². The molecule has 0 aliphatic carbocycles. The molecule has 1 aromatic carbocycles. The molecule has 18 heteroatoms. The first kappa shape index (κ1) is 39.4. The number of phenols is 1. The first-order chi connectivity index (χ1) is 21.1. The number of hydrogen-bond donors (Lipinski definition) is 11. The number of aliphatic hydroxyl groups excluding tert-OH is 2. The van der Waals surface area contributed by atoms with Crippen LogP contribution in [0.2, 0.25) is 0 Å². The molecule has 0 aliphatic heterocycles. The average molecular weight is 675 g/mol. The van der Waals surface area contributed by atoms with Gasteiger partial charge in [-0.1, -0.05) is 12.1 Å². The van der Waals surface area contributed by atoms with Crippen LogP contribution in [-0.2, 0) is 35.2 Å². The van der Waals surface area contributed by atoms with E-state index >= 15 is 0 Å². The molecule has 45 heavy (non-hydrogen) atoms. The molecule has 0 saturated carbocycles. The number of rotatable bonds is 19. The summed E-state index contributed by atoms with van der Waals surface area (Å²) in [7, 11) is 0. The molecule has 0 saturated heterocycles. The number of phenolic OH excluding ortho intramolecular Hbond substituents is 1. The maximum Gasteiger partial charge on any atom is 0.328 e. The molecule has 7 atom stereocenters. The van der Waals surface area contributed by atoms with Crippen LogP contribution < -0.4 is 32.3 Å². The van der Waals surface area contributed by atoms with Gasteiger partial charge in [0.2, 0.25) is 29.5 Å². The van der Waals surface area contributed by atoms with E-state index in [1.807, 2.05) is 6.26 Å². The van der Waals surface area contributed by atoms with Crippen molar-refractivity contribution in [1.29, 1.82) is 0 Å². The maximum absolute atomic E-state index is 13.2. The fourth-order valence-corrected chi connectivity index (χ4v) is 4.50. The van der Waals surface area contributed by atoms with Crippen molar-refractivity contribution in [3.63, 3.8) is 0 Å². The number of benzene rings is 1. The summed E-state index contributed by atoms with van der Waals surface area (Å²) < 4.78 is 0. The maximum atomic E-state index is 13.2. The molecule has 11 N–H and O–H groups in total.